The van der Waals surface area contributed by atoms with Crippen molar-refractivity contribution in [3.63, 3.8) is 0 Å². The molecule has 1 atom stereocenters. The molecule has 0 aliphatic carbocycles. The SMILES string of the molecule is NC[C@@H]1Cc2ccccc2CN1C(=O)c1cccc(N)c1. The van der Waals surface area contributed by atoms with Crippen LogP contribution in [-0.2, 0) is 13.0 Å². The molecule has 1 aliphatic rings. The van der Waals surface area contributed by atoms with Gasteiger partial charge in [0.25, 0.3) is 5.91 Å². The molecule has 108 valence electrons. The van der Waals surface area contributed by atoms with Crippen molar-refractivity contribution in [2.75, 3.05) is 12.3 Å². The van der Waals surface area contributed by atoms with Gasteiger partial charge in [0, 0.05) is 30.4 Å². The lowest BCUT2D eigenvalue weighted by Crippen LogP contribution is -2.48. The van der Waals surface area contributed by atoms with Crippen molar-refractivity contribution in [3.8, 4) is 0 Å². The van der Waals surface area contributed by atoms with Crippen LogP contribution in [0.25, 0.3) is 0 Å². The van der Waals surface area contributed by atoms with Gasteiger partial charge in [0.05, 0.1) is 0 Å². The van der Waals surface area contributed by atoms with Crippen molar-refractivity contribution in [1.29, 1.82) is 0 Å². The van der Waals surface area contributed by atoms with E-state index in [0.717, 1.165) is 6.42 Å². The van der Waals surface area contributed by atoms with Crippen molar-refractivity contribution in [3.05, 3.63) is 65.2 Å². The average molecular weight is 281 g/mol. The largest absolute Gasteiger partial charge is 0.399 e. The number of nitrogen functional groups attached to an aromatic ring is 1. The predicted molar refractivity (Wildman–Crippen MR) is 83.7 cm³/mol. The molecule has 1 heterocycles. The first-order valence-electron chi connectivity index (χ1n) is 7.12. The Balaban J connectivity index is 1.92. The fraction of sp³-hybridized carbons (Fsp3) is 0.235. The molecule has 4 nitrogen and oxygen atoms in total. The molecule has 4 N–H and O–H groups in total. The lowest BCUT2D eigenvalue weighted by atomic mass is 9.93. The Morgan fingerprint density at radius 3 is 2.62 bits per heavy atom. The van der Waals surface area contributed by atoms with Crippen LogP contribution in [0.3, 0.4) is 0 Å². The molecular formula is C17H19N3O. The summed E-state index contributed by atoms with van der Waals surface area (Å²) in [6.45, 7) is 1.06. The molecule has 4 heteroatoms. The minimum Gasteiger partial charge on any atom is -0.399 e. The van der Waals surface area contributed by atoms with Crippen LogP contribution in [0.15, 0.2) is 48.5 Å². The highest BCUT2D eigenvalue weighted by molar-refractivity contribution is 5.95. The van der Waals surface area contributed by atoms with Crippen molar-refractivity contribution < 1.29 is 4.79 Å². The quantitative estimate of drug-likeness (QED) is 0.824. The van der Waals surface area contributed by atoms with Crippen LogP contribution in [0.5, 0.6) is 0 Å². The number of anilines is 1. The molecule has 0 radical (unpaired) electrons. The van der Waals surface area contributed by atoms with Gasteiger partial charge in [-0.3, -0.25) is 4.79 Å². The van der Waals surface area contributed by atoms with E-state index in [4.69, 9.17) is 11.5 Å². The molecule has 21 heavy (non-hydrogen) atoms. The number of fused-ring (bicyclic) bond motifs is 1. The zero-order valence-corrected chi connectivity index (χ0v) is 11.8. The van der Waals surface area contributed by atoms with Gasteiger partial charge in [-0.05, 0) is 35.7 Å². The van der Waals surface area contributed by atoms with Gasteiger partial charge in [0.1, 0.15) is 0 Å². The molecule has 0 spiro atoms. The smallest absolute Gasteiger partial charge is 0.254 e. The molecule has 3 rings (SSSR count). The first-order chi connectivity index (χ1) is 10.2. The molecule has 0 aromatic heterocycles. The minimum absolute atomic E-state index is 0.00717. The average Bonchev–Trinajstić information content (AvgIpc) is 2.53. The Hall–Kier alpha value is -2.33. The van der Waals surface area contributed by atoms with E-state index in [1.54, 1.807) is 24.3 Å². The summed E-state index contributed by atoms with van der Waals surface area (Å²) in [5.74, 6) is -0.00717. The maximum absolute atomic E-state index is 12.7. The second-order valence-corrected chi connectivity index (χ2v) is 5.42. The van der Waals surface area contributed by atoms with Gasteiger partial charge < -0.3 is 16.4 Å². The van der Waals surface area contributed by atoms with Crippen molar-refractivity contribution >= 4 is 11.6 Å². The molecular weight excluding hydrogens is 262 g/mol. The van der Waals surface area contributed by atoms with Crippen molar-refractivity contribution in [2.45, 2.75) is 19.0 Å². The first kappa shape index (κ1) is 13.6. The molecule has 0 bridgehead atoms. The summed E-state index contributed by atoms with van der Waals surface area (Å²) in [7, 11) is 0. The van der Waals surface area contributed by atoms with Crippen LogP contribution in [-0.4, -0.2) is 23.4 Å². The number of carbonyl (C=O) groups is 1. The lowest BCUT2D eigenvalue weighted by molar-refractivity contribution is 0.0648. The monoisotopic (exact) mass is 281 g/mol. The molecule has 1 amide bonds. The second kappa shape index (κ2) is 5.58. The van der Waals surface area contributed by atoms with E-state index >= 15 is 0 Å². The Labute approximate surface area is 124 Å². The highest BCUT2D eigenvalue weighted by atomic mass is 16.2. The van der Waals surface area contributed by atoms with Crippen molar-refractivity contribution in [1.82, 2.24) is 4.90 Å². The second-order valence-electron chi connectivity index (χ2n) is 5.42. The normalized spacial score (nSPS) is 17.4. The fourth-order valence-electron chi connectivity index (χ4n) is 2.87. The number of nitrogens with two attached hydrogens (primary N) is 2. The van der Waals surface area contributed by atoms with E-state index in [-0.39, 0.29) is 11.9 Å². The van der Waals surface area contributed by atoms with Crippen LogP contribution < -0.4 is 11.5 Å². The number of amides is 1. The highest BCUT2D eigenvalue weighted by Crippen LogP contribution is 2.24. The standard InChI is InChI=1S/C17H19N3O/c18-10-16-9-12-4-1-2-5-14(12)11-20(16)17(21)13-6-3-7-15(19)8-13/h1-8,16H,9-11,18-19H2/t16-/m0/s1. The van der Waals surface area contributed by atoms with Gasteiger partial charge in [-0.25, -0.2) is 0 Å². The van der Waals surface area contributed by atoms with E-state index in [0.29, 0.717) is 24.3 Å². The third-order valence-corrected chi connectivity index (χ3v) is 4.02. The third kappa shape index (κ3) is 2.62. The van der Waals surface area contributed by atoms with Gasteiger partial charge in [-0.2, -0.15) is 0 Å². The number of hydrogen-bond acceptors (Lipinski definition) is 3. The molecule has 0 fully saturated rings. The van der Waals surface area contributed by atoms with E-state index in [1.165, 1.54) is 11.1 Å². The summed E-state index contributed by atoms with van der Waals surface area (Å²) in [4.78, 5) is 14.6. The summed E-state index contributed by atoms with van der Waals surface area (Å²) in [5, 5.41) is 0. The summed E-state index contributed by atoms with van der Waals surface area (Å²) in [5.41, 5.74) is 15.3. The maximum Gasteiger partial charge on any atom is 0.254 e. The van der Waals surface area contributed by atoms with E-state index in [9.17, 15) is 4.79 Å². The van der Waals surface area contributed by atoms with Crippen LogP contribution in [0.2, 0.25) is 0 Å². The topological polar surface area (TPSA) is 72.3 Å². The number of benzene rings is 2. The highest BCUT2D eigenvalue weighted by Gasteiger charge is 2.29. The summed E-state index contributed by atoms with van der Waals surface area (Å²) in [6, 6.07) is 15.4. The number of nitrogens with zero attached hydrogens (tertiary/aromatic N) is 1. The summed E-state index contributed by atoms with van der Waals surface area (Å²) >= 11 is 0. The minimum atomic E-state index is -0.00717. The van der Waals surface area contributed by atoms with E-state index < -0.39 is 0 Å². The van der Waals surface area contributed by atoms with Crippen molar-refractivity contribution in [2.24, 2.45) is 5.73 Å². The molecule has 2 aromatic carbocycles. The lowest BCUT2D eigenvalue weighted by Gasteiger charge is -2.36. The van der Waals surface area contributed by atoms with Crippen LogP contribution in [0.4, 0.5) is 5.69 Å². The Morgan fingerprint density at radius 1 is 1.14 bits per heavy atom. The van der Waals surface area contributed by atoms with Gasteiger partial charge >= 0.3 is 0 Å². The number of carbonyl (C=O) groups excluding carboxylic acids is 1. The van der Waals surface area contributed by atoms with Gasteiger partial charge in [0.2, 0.25) is 0 Å². The fourth-order valence-corrected chi connectivity index (χ4v) is 2.87. The van der Waals surface area contributed by atoms with Crippen LogP contribution >= 0.6 is 0 Å². The zero-order chi connectivity index (χ0) is 14.8. The molecule has 2 aromatic rings. The molecule has 0 saturated heterocycles. The third-order valence-electron chi connectivity index (χ3n) is 4.02. The van der Waals surface area contributed by atoms with Gasteiger partial charge in [-0.15, -0.1) is 0 Å². The molecule has 0 unspecified atom stereocenters. The van der Waals surface area contributed by atoms with Crippen LogP contribution in [0.1, 0.15) is 21.5 Å². The summed E-state index contributed by atoms with van der Waals surface area (Å²) < 4.78 is 0. The van der Waals surface area contributed by atoms with Crippen LogP contribution in [0, 0.1) is 0 Å². The Morgan fingerprint density at radius 2 is 1.90 bits per heavy atom. The molecule has 0 saturated carbocycles. The zero-order valence-electron chi connectivity index (χ0n) is 11.8. The summed E-state index contributed by atoms with van der Waals surface area (Å²) in [6.07, 6.45) is 0.806. The van der Waals surface area contributed by atoms with E-state index in [1.807, 2.05) is 17.0 Å². The van der Waals surface area contributed by atoms with Gasteiger partial charge in [0.15, 0.2) is 0 Å². The predicted octanol–water partition coefficient (Wildman–Crippen LogP) is 1.79. The Kier molecular flexibility index (Phi) is 3.62. The van der Waals surface area contributed by atoms with Gasteiger partial charge in [-0.1, -0.05) is 30.3 Å². The Bertz CT molecular complexity index is 669. The number of hydrogen-bond donors (Lipinski definition) is 2. The molecule has 1 aliphatic heterocycles. The first-order valence-corrected chi connectivity index (χ1v) is 7.12. The number of rotatable bonds is 2. The van der Waals surface area contributed by atoms with E-state index in [2.05, 4.69) is 12.1 Å². The maximum atomic E-state index is 12.7.